The second kappa shape index (κ2) is 7.90. The molecule has 0 aliphatic carbocycles. The number of aromatic nitrogens is 1. The molecule has 2 aromatic heterocycles. The maximum Gasteiger partial charge on any atom is 0.348 e. The molecule has 0 aliphatic heterocycles. The number of methoxy groups -OCH3 is 1. The van der Waals surface area contributed by atoms with Gasteiger partial charge in [-0.1, -0.05) is 28.1 Å². The SMILES string of the molecule is COC(=O)c1ccc(NC(=O)Cc2csc(-c3cccc(Br)c3)n2)s1. The summed E-state index contributed by atoms with van der Waals surface area (Å²) in [6.45, 7) is 0. The van der Waals surface area contributed by atoms with E-state index in [0.717, 1.165) is 15.0 Å². The number of esters is 1. The first kappa shape index (κ1) is 17.8. The van der Waals surface area contributed by atoms with Crippen LogP contribution in [0.2, 0.25) is 0 Å². The van der Waals surface area contributed by atoms with Crippen molar-refractivity contribution in [3.05, 3.63) is 56.8 Å². The van der Waals surface area contributed by atoms with Crippen LogP contribution in [0.15, 0.2) is 46.3 Å². The predicted molar refractivity (Wildman–Crippen MR) is 103 cm³/mol. The molecule has 5 nitrogen and oxygen atoms in total. The lowest BCUT2D eigenvalue weighted by Crippen LogP contribution is -2.13. The van der Waals surface area contributed by atoms with E-state index in [1.165, 1.54) is 29.8 Å². The summed E-state index contributed by atoms with van der Waals surface area (Å²) >= 11 is 6.12. The standard InChI is InChI=1S/C17H13BrN2O3S2/c1-23-17(22)13-5-6-15(25-13)20-14(21)8-12-9-24-16(19-12)10-3-2-4-11(18)7-10/h2-7,9H,8H2,1H3,(H,20,21). The van der Waals surface area contributed by atoms with Gasteiger partial charge in [-0.25, -0.2) is 9.78 Å². The number of benzene rings is 1. The van der Waals surface area contributed by atoms with Crippen molar-refractivity contribution in [3.63, 3.8) is 0 Å². The number of thiophene rings is 1. The Balaban J connectivity index is 1.64. The van der Waals surface area contributed by atoms with E-state index in [0.29, 0.717) is 15.6 Å². The normalized spacial score (nSPS) is 10.5. The number of thiazole rings is 1. The summed E-state index contributed by atoms with van der Waals surface area (Å²) in [5.41, 5.74) is 1.72. The maximum atomic E-state index is 12.2. The lowest BCUT2D eigenvalue weighted by Gasteiger charge is -2.00. The summed E-state index contributed by atoms with van der Waals surface area (Å²) in [7, 11) is 1.32. The van der Waals surface area contributed by atoms with Crippen LogP contribution in [-0.4, -0.2) is 24.0 Å². The molecule has 1 amide bonds. The molecule has 25 heavy (non-hydrogen) atoms. The Morgan fingerprint density at radius 3 is 2.88 bits per heavy atom. The van der Waals surface area contributed by atoms with Crippen molar-refractivity contribution in [1.29, 1.82) is 0 Å². The molecule has 3 aromatic rings. The Morgan fingerprint density at radius 2 is 2.12 bits per heavy atom. The average molecular weight is 437 g/mol. The van der Waals surface area contributed by atoms with E-state index >= 15 is 0 Å². The summed E-state index contributed by atoms with van der Waals surface area (Å²) in [5, 5.41) is 6.13. The van der Waals surface area contributed by atoms with Gasteiger partial charge in [-0.15, -0.1) is 22.7 Å². The van der Waals surface area contributed by atoms with Crippen LogP contribution in [0.5, 0.6) is 0 Å². The van der Waals surface area contributed by atoms with Gasteiger partial charge in [-0.05, 0) is 24.3 Å². The zero-order valence-electron chi connectivity index (χ0n) is 13.1. The molecule has 0 saturated heterocycles. The van der Waals surface area contributed by atoms with E-state index in [2.05, 4.69) is 31.0 Å². The van der Waals surface area contributed by atoms with E-state index in [1.54, 1.807) is 12.1 Å². The summed E-state index contributed by atoms with van der Waals surface area (Å²) in [6, 6.07) is 11.2. The smallest absolute Gasteiger partial charge is 0.348 e. The highest BCUT2D eigenvalue weighted by Crippen LogP contribution is 2.27. The van der Waals surface area contributed by atoms with Crippen molar-refractivity contribution in [2.45, 2.75) is 6.42 Å². The fraction of sp³-hybridized carbons (Fsp3) is 0.118. The highest BCUT2D eigenvalue weighted by molar-refractivity contribution is 9.10. The fourth-order valence-electron chi connectivity index (χ4n) is 2.10. The Kier molecular flexibility index (Phi) is 5.62. The van der Waals surface area contributed by atoms with Crippen LogP contribution >= 0.6 is 38.6 Å². The minimum Gasteiger partial charge on any atom is -0.465 e. The number of carbonyl (C=O) groups excluding carboxylic acids is 2. The Morgan fingerprint density at radius 1 is 1.28 bits per heavy atom. The van der Waals surface area contributed by atoms with Crippen molar-refractivity contribution in [3.8, 4) is 10.6 Å². The van der Waals surface area contributed by atoms with Gasteiger partial charge >= 0.3 is 5.97 Å². The van der Waals surface area contributed by atoms with Crippen LogP contribution in [0.25, 0.3) is 10.6 Å². The van der Waals surface area contributed by atoms with Gasteiger partial charge in [0, 0.05) is 15.4 Å². The second-order valence-corrected chi connectivity index (χ2v) is 7.89. The van der Waals surface area contributed by atoms with Gasteiger partial charge < -0.3 is 10.1 Å². The first-order chi connectivity index (χ1) is 12.0. The third kappa shape index (κ3) is 4.53. The zero-order chi connectivity index (χ0) is 17.8. The first-order valence-electron chi connectivity index (χ1n) is 7.23. The molecule has 0 fully saturated rings. The van der Waals surface area contributed by atoms with E-state index in [9.17, 15) is 9.59 Å². The number of nitrogens with zero attached hydrogens (tertiary/aromatic N) is 1. The minimum atomic E-state index is -0.413. The minimum absolute atomic E-state index is 0.177. The summed E-state index contributed by atoms with van der Waals surface area (Å²) in [5.74, 6) is -0.590. The molecule has 3 rings (SSSR count). The highest BCUT2D eigenvalue weighted by Gasteiger charge is 2.13. The molecular weight excluding hydrogens is 424 g/mol. The van der Waals surface area contributed by atoms with Crippen molar-refractivity contribution >= 4 is 55.5 Å². The number of halogens is 1. The molecule has 0 radical (unpaired) electrons. The largest absolute Gasteiger partial charge is 0.465 e. The second-order valence-electron chi connectivity index (χ2n) is 5.03. The fourth-order valence-corrected chi connectivity index (χ4v) is 4.16. The molecule has 1 aromatic carbocycles. The van der Waals surface area contributed by atoms with Gasteiger partial charge in [0.25, 0.3) is 0 Å². The van der Waals surface area contributed by atoms with Crippen LogP contribution in [0.4, 0.5) is 5.00 Å². The zero-order valence-corrected chi connectivity index (χ0v) is 16.3. The number of anilines is 1. The van der Waals surface area contributed by atoms with Gasteiger partial charge in [-0.2, -0.15) is 0 Å². The number of carbonyl (C=O) groups is 2. The third-order valence-electron chi connectivity index (χ3n) is 3.22. The lowest BCUT2D eigenvalue weighted by molar-refractivity contribution is -0.115. The van der Waals surface area contributed by atoms with Crippen LogP contribution in [0.1, 0.15) is 15.4 Å². The average Bonchev–Trinajstić information content (AvgIpc) is 3.24. The monoisotopic (exact) mass is 436 g/mol. The van der Waals surface area contributed by atoms with Gasteiger partial charge in [0.2, 0.25) is 5.91 Å². The Bertz CT molecular complexity index is 920. The van der Waals surface area contributed by atoms with E-state index < -0.39 is 5.97 Å². The molecule has 2 heterocycles. The van der Waals surface area contributed by atoms with E-state index in [1.807, 2.05) is 29.6 Å². The molecule has 0 atom stereocenters. The third-order valence-corrected chi connectivity index (χ3v) is 5.63. The molecule has 128 valence electrons. The number of nitrogens with one attached hydrogen (secondary N) is 1. The quantitative estimate of drug-likeness (QED) is 0.593. The number of hydrogen-bond acceptors (Lipinski definition) is 6. The summed E-state index contributed by atoms with van der Waals surface area (Å²) in [4.78, 5) is 28.6. The van der Waals surface area contributed by atoms with Gasteiger partial charge in [0.05, 0.1) is 24.2 Å². The van der Waals surface area contributed by atoms with Gasteiger partial charge in [0.15, 0.2) is 0 Å². The van der Waals surface area contributed by atoms with Gasteiger partial charge in [-0.3, -0.25) is 4.79 Å². The van der Waals surface area contributed by atoms with Gasteiger partial charge in [0.1, 0.15) is 9.88 Å². The van der Waals surface area contributed by atoms with E-state index in [4.69, 9.17) is 0 Å². The van der Waals surface area contributed by atoms with Crippen LogP contribution in [0.3, 0.4) is 0 Å². The van der Waals surface area contributed by atoms with Crippen LogP contribution < -0.4 is 5.32 Å². The topological polar surface area (TPSA) is 68.3 Å². The highest BCUT2D eigenvalue weighted by atomic mass is 79.9. The number of hydrogen-bond donors (Lipinski definition) is 1. The Labute approximate surface area is 160 Å². The lowest BCUT2D eigenvalue weighted by atomic mass is 10.2. The molecule has 8 heteroatoms. The first-order valence-corrected chi connectivity index (χ1v) is 9.72. The van der Waals surface area contributed by atoms with E-state index in [-0.39, 0.29) is 12.3 Å². The molecule has 0 spiro atoms. The van der Waals surface area contributed by atoms with Crippen molar-refractivity contribution in [2.75, 3.05) is 12.4 Å². The Hall–Kier alpha value is -2.03. The predicted octanol–water partition coefficient (Wildman–Crippen LogP) is 4.60. The maximum absolute atomic E-state index is 12.2. The number of ether oxygens (including phenoxy) is 1. The molecule has 0 saturated carbocycles. The molecule has 0 aliphatic rings. The number of rotatable bonds is 5. The van der Waals surface area contributed by atoms with Crippen molar-refractivity contribution in [1.82, 2.24) is 4.98 Å². The summed E-state index contributed by atoms with van der Waals surface area (Å²) < 4.78 is 5.64. The molecular formula is C17H13BrN2O3S2. The molecule has 1 N–H and O–H groups in total. The number of amides is 1. The van der Waals surface area contributed by atoms with Crippen molar-refractivity contribution < 1.29 is 14.3 Å². The molecule has 0 bridgehead atoms. The molecule has 0 unspecified atom stereocenters. The van der Waals surface area contributed by atoms with Crippen LogP contribution in [0, 0.1) is 0 Å². The van der Waals surface area contributed by atoms with Crippen molar-refractivity contribution in [2.24, 2.45) is 0 Å². The summed E-state index contributed by atoms with van der Waals surface area (Å²) in [6.07, 6.45) is 0.177. The van der Waals surface area contributed by atoms with Crippen LogP contribution in [-0.2, 0) is 16.0 Å².